The maximum absolute atomic E-state index is 11.2. The highest BCUT2D eigenvalue weighted by Gasteiger charge is 2.46. The summed E-state index contributed by atoms with van der Waals surface area (Å²) in [5, 5.41) is 14.3. The van der Waals surface area contributed by atoms with Crippen molar-refractivity contribution in [2.75, 3.05) is 5.75 Å². The molecule has 23 heavy (non-hydrogen) atoms. The number of dihydropyridines is 1. The molecule has 4 nitrogen and oxygen atoms in total. The Morgan fingerprint density at radius 3 is 2.83 bits per heavy atom. The number of carbonyl (C=O) groups excluding carboxylic acids is 1. The Balaban J connectivity index is 2.02. The SMILES string of the molecule is CC1CCC2=C(C1)NC(SCC(N)=O)=C(C#N)C21CCCCC1. The number of hydrogen-bond donors (Lipinski definition) is 2. The van der Waals surface area contributed by atoms with E-state index in [-0.39, 0.29) is 17.1 Å². The fourth-order valence-corrected chi connectivity index (χ4v) is 5.32. The van der Waals surface area contributed by atoms with E-state index < -0.39 is 0 Å². The van der Waals surface area contributed by atoms with Crippen LogP contribution in [-0.2, 0) is 4.79 Å². The second kappa shape index (κ2) is 6.60. The van der Waals surface area contributed by atoms with E-state index in [0.29, 0.717) is 5.92 Å². The molecule has 1 spiro atoms. The van der Waals surface area contributed by atoms with Gasteiger partial charge < -0.3 is 11.1 Å². The minimum absolute atomic E-state index is 0.0757. The molecule has 1 aliphatic heterocycles. The number of rotatable bonds is 3. The topological polar surface area (TPSA) is 78.9 Å². The van der Waals surface area contributed by atoms with Crippen LogP contribution in [0.15, 0.2) is 21.9 Å². The van der Waals surface area contributed by atoms with Crippen LogP contribution < -0.4 is 11.1 Å². The lowest BCUT2D eigenvalue weighted by Crippen LogP contribution is -2.39. The molecule has 5 heteroatoms. The zero-order valence-corrected chi connectivity index (χ0v) is 14.6. The first-order valence-electron chi connectivity index (χ1n) is 8.62. The van der Waals surface area contributed by atoms with Gasteiger partial charge in [-0.2, -0.15) is 5.26 Å². The van der Waals surface area contributed by atoms with Gasteiger partial charge in [0.1, 0.15) is 0 Å². The van der Waals surface area contributed by atoms with Crippen LogP contribution in [0, 0.1) is 22.7 Å². The van der Waals surface area contributed by atoms with Crippen LogP contribution in [0.1, 0.15) is 58.3 Å². The van der Waals surface area contributed by atoms with Crippen molar-refractivity contribution in [2.45, 2.75) is 58.3 Å². The standard InChI is InChI=1S/C18H25N3OS/c1-12-5-6-13-15(9-12)21-17(23-11-16(20)22)14(10-19)18(13)7-3-2-4-8-18/h12,21H,2-9,11H2,1H3,(H2,20,22). The monoisotopic (exact) mass is 331 g/mol. The molecule has 0 aromatic heterocycles. The number of nitriles is 1. The summed E-state index contributed by atoms with van der Waals surface area (Å²) in [4.78, 5) is 11.2. The van der Waals surface area contributed by atoms with Crippen molar-refractivity contribution in [1.29, 1.82) is 5.26 Å². The fourth-order valence-electron chi connectivity index (χ4n) is 4.45. The third-order valence-electron chi connectivity index (χ3n) is 5.53. The van der Waals surface area contributed by atoms with Crippen LogP contribution in [0.25, 0.3) is 0 Å². The normalized spacial score (nSPS) is 26.5. The summed E-state index contributed by atoms with van der Waals surface area (Å²) < 4.78 is 0. The van der Waals surface area contributed by atoms with Crippen LogP contribution >= 0.6 is 11.8 Å². The molecule has 1 fully saturated rings. The average molecular weight is 331 g/mol. The maximum atomic E-state index is 11.2. The van der Waals surface area contributed by atoms with Crippen LogP contribution in [0.5, 0.6) is 0 Å². The summed E-state index contributed by atoms with van der Waals surface area (Å²) in [5.41, 5.74) is 8.90. The molecule has 3 aliphatic rings. The molecule has 1 heterocycles. The van der Waals surface area contributed by atoms with Crippen LogP contribution in [-0.4, -0.2) is 11.7 Å². The number of nitrogens with two attached hydrogens (primary N) is 1. The quantitative estimate of drug-likeness (QED) is 0.828. The molecule has 1 amide bonds. The van der Waals surface area contributed by atoms with Crippen molar-refractivity contribution in [3.63, 3.8) is 0 Å². The Labute approximate surface area is 142 Å². The Hall–Kier alpha value is -1.41. The molecule has 1 atom stereocenters. The zero-order chi connectivity index (χ0) is 16.4. The van der Waals surface area contributed by atoms with Gasteiger partial charge in [-0.25, -0.2) is 0 Å². The Bertz CT molecular complexity index is 608. The summed E-state index contributed by atoms with van der Waals surface area (Å²) in [7, 11) is 0. The second-order valence-corrected chi connectivity index (χ2v) is 8.13. The molecule has 1 unspecified atom stereocenters. The highest BCUT2D eigenvalue weighted by atomic mass is 32.2. The number of amides is 1. The van der Waals surface area contributed by atoms with E-state index in [9.17, 15) is 10.1 Å². The fraction of sp³-hybridized carbons (Fsp3) is 0.667. The summed E-state index contributed by atoms with van der Waals surface area (Å²) >= 11 is 1.40. The van der Waals surface area contributed by atoms with Crippen LogP contribution in [0.3, 0.4) is 0 Å². The molecular formula is C18H25N3OS. The average Bonchev–Trinajstić information content (AvgIpc) is 2.53. The first kappa shape index (κ1) is 16.4. The number of hydrogen-bond acceptors (Lipinski definition) is 4. The van der Waals surface area contributed by atoms with Gasteiger partial charge in [0, 0.05) is 11.1 Å². The molecule has 124 valence electrons. The smallest absolute Gasteiger partial charge is 0.227 e. The van der Waals surface area contributed by atoms with E-state index in [1.165, 1.54) is 48.7 Å². The van der Waals surface area contributed by atoms with Crippen molar-refractivity contribution in [2.24, 2.45) is 17.1 Å². The minimum atomic E-state index is -0.337. The number of nitrogens with one attached hydrogen (secondary N) is 1. The van der Waals surface area contributed by atoms with Crippen molar-refractivity contribution < 1.29 is 4.79 Å². The molecule has 2 aliphatic carbocycles. The highest BCUT2D eigenvalue weighted by Crippen LogP contribution is 2.55. The Morgan fingerprint density at radius 2 is 2.17 bits per heavy atom. The Morgan fingerprint density at radius 1 is 1.43 bits per heavy atom. The summed E-state index contributed by atoms with van der Waals surface area (Å²) in [6, 6.07) is 2.49. The van der Waals surface area contributed by atoms with Crippen LogP contribution in [0.4, 0.5) is 0 Å². The van der Waals surface area contributed by atoms with Gasteiger partial charge in [0.05, 0.1) is 22.4 Å². The van der Waals surface area contributed by atoms with Gasteiger partial charge in [-0.15, -0.1) is 0 Å². The number of allylic oxidation sites excluding steroid dienone is 3. The van der Waals surface area contributed by atoms with Crippen molar-refractivity contribution in [3.8, 4) is 6.07 Å². The molecule has 3 rings (SSSR count). The highest BCUT2D eigenvalue weighted by molar-refractivity contribution is 8.03. The summed E-state index contributed by atoms with van der Waals surface area (Å²) in [5.74, 6) is 0.561. The number of nitrogens with zero attached hydrogens (tertiary/aromatic N) is 1. The number of primary amides is 1. The van der Waals surface area contributed by atoms with Gasteiger partial charge in [-0.1, -0.05) is 37.9 Å². The van der Waals surface area contributed by atoms with E-state index in [1.54, 1.807) is 0 Å². The molecule has 1 saturated carbocycles. The minimum Gasteiger partial charge on any atom is -0.369 e. The van der Waals surface area contributed by atoms with Gasteiger partial charge in [-0.3, -0.25) is 4.79 Å². The molecular weight excluding hydrogens is 306 g/mol. The van der Waals surface area contributed by atoms with E-state index >= 15 is 0 Å². The lowest BCUT2D eigenvalue weighted by molar-refractivity contribution is -0.115. The zero-order valence-electron chi connectivity index (χ0n) is 13.8. The van der Waals surface area contributed by atoms with E-state index in [1.807, 2.05) is 0 Å². The maximum Gasteiger partial charge on any atom is 0.227 e. The Kier molecular flexibility index (Phi) is 4.72. The summed E-state index contributed by atoms with van der Waals surface area (Å²) in [6.45, 7) is 2.29. The predicted octanol–water partition coefficient (Wildman–Crippen LogP) is 3.57. The number of thioether (sulfide) groups is 1. The first-order chi connectivity index (χ1) is 11.1. The predicted molar refractivity (Wildman–Crippen MR) is 93.0 cm³/mol. The second-order valence-electron chi connectivity index (χ2n) is 7.14. The van der Waals surface area contributed by atoms with E-state index in [2.05, 4.69) is 18.3 Å². The third-order valence-corrected chi connectivity index (χ3v) is 6.55. The molecule has 3 N–H and O–H groups in total. The summed E-state index contributed by atoms with van der Waals surface area (Å²) in [6.07, 6.45) is 9.15. The van der Waals surface area contributed by atoms with E-state index in [0.717, 1.165) is 36.3 Å². The van der Waals surface area contributed by atoms with Gasteiger partial charge in [-0.05, 0) is 43.6 Å². The number of fused-ring (bicyclic) bond motifs is 1. The van der Waals surface area contributed by atoms with Gasteiger partial charge >= 0.3 is 0 Å². The molecule has 0 aromatic rings. The van der Waals surface area contributed by atoms with Gasteiger partial charge in [0.2, 0.25) is 5.91 Å². The van der Waals surface area contributed by atoms with Crippen LogP contribution in [0.2, 0.25) is 0 Å². The van der Waals surface area contributed by atoms with E-state index in [4.69, 9.17) is 5.73 Å². The molecule has 0 bridgehead atoms. The largest absolute Gasteiger partial charge is 0.369 e. The van der Waals surface area contributed by atoms with Gasteiger partial charge in [0.25, 0.3) is 0 Å². The van der Waals surface area contributed by atoms with Crippen molar-refractivity contribution in [1.82, 2.24) is 5.32 Å². The van der Waals surface area contributed by atoms with Crippen molar-refractivity contribution in [3.05, 3.63) is 21.9 Å². The molecule has 0 saturated heterocycles. The lowest BCUT2D eigenvalue weighted by atomic mass is 9.60. The molecule has 0 aromatic carbocycles. The number of carbonyl (C=O) groups is 1. The molecule has 0 radical (unpaired) electrons. The lowest BCUT2D eigenvalue weighted by Gasteiger charge is -2.46. The van der Waals surface area contributed by atoms with Gasteiger partial charge in [0.15, 0.2) is 0 Å². The third kappa shape index (κ3) is 3.01. The van der Waals surface area contributed by atoms with Crippen molar-refractivity contribution >= 4 is 17.7 Å². The first-order valence-corrected chi connectivity index (χ1v) is 9.61.